The van der Waals surface area contributed by atoms with E-state index < -0.39 is 22.5 Å². The Labute approximate surface area is 187 Å². The van der Waals surface area contributed by atoms with Crippen LogP contribution in [0.15, 0.2) is 82.8 Å². The summed E-state index contributed by atoms with van der Waals surface area (Å²) >= 11 is 6.06. The SMILES string of the molecule is Cc1ccc(N(CC(=O)N/N=C\c2ccccc2Cl)S(=O)(=O)c2ccc(C)cc2)cc1. The van der Waals surface area contributed by atoms with Crippen molar-refractivity contribution in [3.05, 3.63) is 94.5 Å². The Morgan fingerprint density at radius 2 is 1.55 bits per heavy atom. The van der Waals surface area contributed by atoms with Crippen molar-refractivity contribution >= 4 is 39.4 Å². The van der Waals surface area contributed by atoms with Gasteiger partial charge in [-0.3, -0.25) is 9.10 Å². The second kappa shape index (κ2) is 9.76. The lowest BCUT2D eigenvalue weighted by atomic mass is 10.2. The maximum atomic E-state index is 13.3. The van der Waals surface area contributed by atoms with Crippen molar-refractivity contribution in [2.75, 3.05) is 10.8 Å². The summed E-state index contributed by atoms with van der Waals surface area (Å²) in [6, 6.07) is 20.4. The van der Waals surface area contributed by atoms with E-state index in [0.29, 0.717) is 16.3 Å². The van der Waals surface area contributed by atoms with Gasteiger partial charge in [-0.05, 0) is 44.2 Å². The van der Waals surface area contributed by atoms with Crippen LogP contribution in [0.5, 0.6) is 0 Å². The average molecular weight is 456 g/mol. The second-order valence-corrected chi connectivity index (χ2v) is 9.24. The summed E-state index contributed by atoms with van der Waals surface area (Å²) in [5.41, 5.74) is 5.30. The number of amides is 1. The van der Waals surface area contributed by atoms with E-state index in [9.17, 15) is 13.2 Å². The molecular weight excluding hydrogens is 434 g/mol. The summed E-state index contributed by atoms with van der Waals surface area (Å²) in [4.78, 5) is 12.6. The minimum atomic E-state index is -3.96. The van der Waals surface area contributed by atoms with Gasteiger partial charge < -0.3 is 0 Å². The van der Waals surface area contributed by atoms with Crippen LogP contribution < -0.4 is 9.73 Å². The number of aryl methyl sites for hydroxylation is 2. The van der Waals surface area contributed by atoms with E-state index in [2.05, 4.69) is 10.5 Å². The maximum absolute atomic E-state index is 13.3. The summed E-state index contributed by atoms with van der Waals surface area (Å²) in [7, 11) is -3.96. The molecule has 31 heavy (non-hydrogen) atoms. The standard InChI is InChI=1S/C23H22ClN3O3S/c1-17-7-11-20(12-8-17)27(31(29,30)21-13-9-18(2)10-14-21)16-23(28)26-25-15-19-5-3-4-6-22(19)24/h3-15H,16H2,1-2H3,(H,26,28)/b25-15-. The molecule has 1 N–H and O–H groups in total. The van der Waals surface area contributed by atoms with Crippen molar-refractivity contribution in [3.8, 4) is 0 Å². The van der Waals surface area contributed by atoms with Gasteiger partial charge in [0.1, 0.15) is 6.54 Å². The van der Waals surface area contributed by atoms with Crippen LogP contribution in [0.3, 0.4) is 0 Å². The van der Waals surface area contributed by atoms with E-state index >= 15 is 0 Å². The largest absolute Gasteiger partial charge is 0.271 e. The molecule has 0 aliphatic carbocycles. The predicted molar refractivity (Wildman–Crippen MR) is 124 cm³/mol. The molecule has 0 aliphatic heterocycles. The number of halogens is 1. The van der Waals surface area contributed by atoms with Crippen molar-refractivity contribution in [1.82, 2.24) is 5.43 Å². The Bertz CT molecular complexity index is 1190. The molecule has 0 saturated carbocycles. The maximum Gasteiger partial charge on any atom is 0.264 e. The highest BCUT2D eigenvalue weighted by atomic mass is 35.5. The van der Waals surface area contributed by atoms with Gasteiger partial charge in [0.25, 0.3) is 15.9 Å². The molecule has 1 amide bonds. The quantitative estimate of drug-likeness (QED) is 0.426. The number of hydrogen-bond donors (Lipinski definition) is 1. The summed E-state index contributed by atoms with van der Waals surface area (Å²) in [6.45, 7) is 3.34. The molecule has 0 radical (unpaired) electrons. The molecule has 0 aliphatic rings. The number of nitrogens with zero attached hydrogens (tertiary/aromatic N) is 2. The number of rotatable bonds is 7. The molecule has 0 bridgehead atoms. The number of hydrogen-bond acceptors (Lipinski definition) is 4. The molecular formula is C23H22ClN3O3S. The number of sulfonamides is 1. The Hall–Kier alpha value is -3.16. The molecule has 3 aromatic rings. The number of nitrogens with one attached hydrogen (secondary N) is 1. The molecule has 3 rings (SSSR count). The zero-order valence-electron chi connectivity index (χ0n) is 17.1. The van der Waals surface area contributed by atoms with Crippen molar-refractivity contribution in [1.29, 1.82) is 0 Å². The van der Waals surface area contributed by atoms with E-state index in [1.807, 2.05) is 13.8 Å². The van der Waals surface area contributed by atoms with Crippen LogP contribution in [0.2, 0.25) is 5.02 Å². The summed E-state index contributed by atoms with van der Waals surface area (Å²) < 4.78 is 27.7. The van der Waals surface area contributed by atoms with E-state index in [4.69, 9.17) is 11.6 Å². The van der Waals surface area contributed by atoms with Gasteiger partial charge in [-0.2, -0.15) is 5.10 Å². The van der Waals surface area contributed by atoms with E-state index in [1.54, 1.807) is 60.7 Å². The van der Waals surface area contributed by atoms with E-state index in [-0.39, 0.29) is 4.90 Å². The van der Waals surface area contributed by atoms with E-state index in [0.717, 1.165) is 15.4 Å². The van der Waals surface area contributed by atoms with Gasteiger partial charge in [-0.25, -0.2) is 13.8 Å². The van der Waals surface area contributed by atoms with Crippen LogP contribution in [0, 0.1) is 13.8 Å². The molecule has 0 fully saturated rings. The van der Waals surface area contributed by atoms with Gasteiger partial charge in [0, 0.05) is 10.6 Å². The molecule has 0 atom stereocenters. The highest BCUT2D eigenvalue weighted by Crippen LogP contribution is 2.24. The van der Waals surface area contributed by atoms with Crippen molar-refractivity contribution in [3.63, 3.8) is 0 Å². The molecule has 8 heteroatoms. The molecule has 6 nitrogen and oxygen atoms in total. The lowest BCUT2D eigenvalue weighted by Crippen LogP contribution is -2.39. The van der Waals surface area contributed by atoms with Crippen LogP contribution in [-0.2, 0) is 14.8 Å². The van der Waals surface area contributed by atoms with Crippen molar-refractivity contribution in [2.24, 2.45) is 5.10 Å². The van der Waals surface area contributed by atoms with Crippen LogP contribution in [0.4, 0.5) is 5.69 Å². The average Bonchev–Trinajstić information content (AvgIpc) is 2.74. The van der Waals surface area contributed by atoms with Gasteiger partial charge >= 0.3 is 0 Å². The second-order valence-electron chi connectivity index (χ2n) is 6.97. The first-order valence-corrected chi connectivity index (χ1v) is 11.3. The number of carbonyl (C=O) groups excluding carboxylic acids is 1. The van der Waals surface area contributed by atoms with Crippen LogP contribution in [0.25, 0.3) is 0 Å². The minimum Gasteiger partial charge on any atom is -0.271 e. The molecule has 3 aromatic carbocycles. The van der Waals surface area contributed by atoms with Gasteiger partial charge in [-0.1, -0.05) is 65.2 Å². The Balaban J connectivity index is 1.84. The third kappa shape index (κ3) is 5.71. The van der Waals surface area contributed by atoms with E-state index in [1.165, 1.54) is 18.3 Å². The predicted octanol–water partition coefficient (Wildman–Crippen LogP) is 4.30. The highest BCUT2D eigenvalue weighted by molar-refractivity contribution is 7.92. The van der Waals surface area contributed by atoms with Gasteiger partial charge in [0.2, 0.25) is 0 Å². The van der Waals surface area contributed by atoms with Gasteiger partial charge in [-0.15, -0.1) is 0 Å². The monoisotopic (exact) mass is 455 g/mol. The molecule has 0 heterocycles. The van der Waals surface area contributed by atoms with Crippen LogP contribution >= 0.6 is 11.6 Å². The summed E-state index contributed by atoms with van der Waals surface area (Å²) in [5, 5.41) is 4.39. The fourth-order valence-electron chi connectivity index (χ4n) is 2.78. The normalized spacial score (nSPS) is 11.5. The number of anilines is 1. The van der Waals surface area contributed by atoms with Crippen LogP contribution in [0.1, 0.15) is 16.7 Å². The number of benzene rings is 3. The zero-order valence-corrected chi connectivity index (χ0v) is 18.7. The van der Waals surface area contributed by atoms with Gasteiger partial charge in [0.15, 0.2) is 0 Å². The first kappa shape index (κ1) is 22.5. The highest BCUT2D eigenvalue weighted by Gasteiger charge is 2.27. The number of carbonyl (C=O) groups is 1. The third-order valence-corrected chi connectivity index (χ3v) is 6.65. The Morgan fingerprint density at radius 1 is 0.968 bits per heavy atom. The first-order chi connectivity index (χ1) is 14.8. The van der Waals surface area contributed by atoms with Gasteiger partial charge in [0.05, 0.1) is 16.8 Å². The fourth-order valence-corrected chi connectivity index (χ4v) is 4.39. The summed E-state index contributed by atoms with van der Waals surface area (Å²) in [5.74, 6) is -0.584. The zero-order chi connectivity index (χ0) is 22.4. The summed E-state index contributed by atoms with van der Waals surface area (Å²) in [6.07, 6.45) is 1.41. The Morgan fingerprint density at radius 3 is 2.16 bits per heavy atom. The number of hydrazone groups is 1. The lowest BCUT2D eigenvalue weighted by Gasteiger charge is -2.24. The third-order valence-electron chi connectivity index (χ3n) is 4.52. The van der Waals surface area contributed by atoms with Crippen molar-refractivity contribution in [2.45, 2.75) is 18.7 Å². The molecule has 160 valence electrons. The lowest BCUT2D eigenvalue weighted by molar-refractivity contribution is -0.119. The molecule has 0 unspecified atom stereocenters. The minimum absolute atomic E-state index is 0.103. The fraction of sp³-hybridized carbons (Fsp3) is 0.130. The smallest absolute Gasteiger partial charge is 0.264 e. The molecule has 0 spiro atoms. The topological polar surface area (TPSA) is 78.8 Å². The molecule has 0 saturated heterocycles. The Kier molecular flexibility index (Phi) is 7.09. The molecule has 0 aromatic heterocycles. The van der Waals surface area contributed by atoms with Crippen LogP contribution in [-0.4, -0.2) is 27.1 Å². The first-order valence-electron chi connectivity index (χ1n) is 9.50. The van der Waals surface area contributed by atoms with Crippen molar-refractivity contribution < 1.29 is 13.2 Å².